The maximum atomic E-state index is 12.4. The van der Waals surface area contributed by atoms with Crippen molar-refractivity contribution < 1.29 is 23.0 Å². The van der Waals surface area contributed by atoms with Gasteiger partial charge in [0, 0.05) is 6.20 Å². The van der Waals surface area contributed by atoms with Crippen LogP contribution in [-0.4, -0.2) is 10.1 Å². The van der Waals surface area contributed by atoms with Gasteiger partial charge >= 0.3 is 6.18 Å². The van der Waals surface area contributed by atoms with E-state index in [1.807, 2.05) is 0 Å². The van der Waals surface area contributed by atoms with Crippen molar-refractivity contribution in [1.82, 2.24) is 4.98 Å². The summed E-state index contributed by atoms with van der Waals surface area (Å²) in [4.78, 5) is 3.53. The molecule has 100 valence electrons. The van der Waals surface area contributed by atoms with E-state index in [9.17, 15) is 13.2 Å². The quantitative estimate of drug-likeness (QED) is 0.898. The molecule has 0 saturated heterocycles. The zero-order chi connectivity index (χ0) is 14.0. The smallest absolute Gasteiger partial charge is 0.417 e. The van der Waals surface area contributed by atoms with Crippen molar-refractivity contribution in [1.29, 1.82) is 0 Å². The lowest BCUT2D eigenvalue weighted by Crippen LogP contribution is -2.05. The summed E-state index contributed by atoms with van der Waals surface area (Å²) in [6, 6.07) is 6.35. The van der Waals surface area contributed by atoms with Gasteiger partial charge in [-0.3, -0.25) is 0 Å². The van der Waals surface area contributed by atoms with Crippen molar-refractivity contribution in [3.8, 4) is 17.4 Å². The van der Waals surface area contributed by atoms with E-state index in [0.29, 0.717) is 11.9 Å². The maximum Gasteiger partial charge on any atom is 0.417 e. The predicted molar refractivity (Wildman–Crippen MR) is 62.4 cm³/mol. The Labute approximate surface area is 111 Å². The van der Waals surface area contributed by atoms with Crippen molar-refractivity contribution in [2.75, 3.05) is 0 Å². The van der Waals surface area contributed by atoms with Gasteiger partial charge in [-0.1, -0.05) is 11.6 Å². The number of pyridine rings is 1. The number of benzene rings is 1. The molecular formula is C12H7ClF3NO2. The summed E-state index contributed by atoms with van der Waals surface area (Å²) in [6.07, 6.45) is -3.87. The first-order valence-corrected chi connectivity index (χ1v) is 5.43. The summed E-state index contributed by atoms with van der Waals surface area (Å²) in [7, 11) is 0. The van der Waals surface area contributed by atoms with Gasteiger partial charge in [-0.05, 0) is 30.3 Å². The second kappa shape index (κ2) is 4.97. The first-order valence-electron chi connectivity index (χ1n) is 5.06. The summed E-state index contributed by atoms with van der Waals surface area (Å²) in [5, 5.41) is 8.83. The van der Waals surface area contributed by atoms with Crippen LogP contribution in [-0.2, 0) is 6.18 Å². The van der Waals surface area contributed by atoms with Gasteiger partial charge in [0.25, 0.3) is 0 Å². The minimum Gasteiger partial charge on any atom is -0.508 e. The molecule has 2 rings (SSSR count). The number of aromatic hydroxyl groups is 1. The summed E-state index contributed by atoms with van der Waals surface area (Å²) in [5.74, 6) is 0.200. The fourth-order valence-electron chi connectivity index (χ4n) is 1.28. The van der Waals surface area contributed by atoms with E-state index in [-0.39, 0.29) is 16.7 Å². The molecule has 3 nitrogen and oxygen atoms in total. The minimum atomic E-state index is -4.51. The molecule has 0 spiro atoms. The molecule has 7 heteroatoms. The van der Waals surface area contributed by atoms with E-state index in [0.717, 1.165) is 6.07 Å². The summed E-state index contributed by atoms with van der Waals surface area (Å²) >= 11 is 5.68. The molecular weight excluding hydrogens is 283 g/mol. The molecule has 0 bridgehead atoms. The Morgan fingerprint density at radius 2 is 1.79 bits per heavy atom. The van der Waals surface area contributed by atoms with Crippen LogP contribution in [0.3, 0.4) is 0 Å². The van der Waals surface area contributed by atoms with Gasteiger partial charge in [0.15, 0.2) is 0 Å². The van der Waals surface area contributed by atoms with E-state index < -0.39 is 11.7 Å². The number of halogens is 4. The summed E-state index contributed by atoms with van der Waals surface area (Å²) < 4.78 is 42.4. The highest BCUT2D eigenvalue weighted by molar-refractivity contribution is 6.31. The van der Waals surface area contributed by atoms with E-state index in [2.05, 4.69) is 4.98 Å². The molecule has 0 aliphatic heterocycles. The Hall–Kier alpha value is -1.95. The lowest BCUT2D eigenvalue weighted by atomic mass is 10.3. The lowest BCUT2D eigenvalue weighted by molar-refractivity contribution is -0.137. The molecule has 2 aromatic rings. The summed E-state index contributed by atoms with van der Waals surface area (Å²) in [5.41, 5.74) is -0.949. The molecule has 0 unspecified atom stereocenters. The van der Waals surface area contributed by atoms with Gasteiger partial charge in [0.05, 0.1) is 5.56 Å². The largest absolute Gasteiger partial charge is 0.508 e. The number of alkyl halides is 3. The molecule has 0 radical (unpaired) electrons. The predicted octanol–water partition coefficient (Wildman–Crippen LogP) is 4.25. The number of aromatic nitrogens is 1. The monoisotopic (exact) mass is 289 g/mol. The van der Waals surface area contributed by atoms with E-state index in [1.54, 1.807) is 0 Å². The van der Waals surface area contributed by atoms with Crippen LogP contribution in [0, 0.1) is 0 Å². The standard InChI is InChI=1S/C12H7ClF3NO2/c13-10-5-7(12(14,15)16)6-17-11(10)19-9-3-1-8(18)2-4-9/h1-6,18H. The van der Waals surface area contributed by atoms with Crippen LogP contribution in [0.25, 0.3) is 0 Å². The number of hydrogen-bond donors (Lipinski definition) is 1. The highest BCUT2D eigenvalue weighted by atomic mass is 35.5. The number of rotatable bonds is 2. The van der Waals surface area contributed by atoms with E-state index in [1.165, 1.54) is 24.3 Å². The zero-order valence-electron chi connectivity index (χ0n) is 9.28. The number of nitrogens with zero attached hydrogens (tertiary/aromatic N) is 1. The normalized spacial score (nSPS) is 11.4. The molecule has 0 aliphatic carbocycles. The van der Waals surface area contributed by atoms with Gasteiger partial charge in [0.1, 0.15) is 16.5 Å². The molecule has 19 heavy (non-hydrogen) atoms. The molecule has 1 N–H and O–H groups in total. The molecule has 0 aliphatic rings. The Kier molecular flexibility index (Phi) is 3.53. The second-order valence-electron chi connectivity index (χ2n) is 3.60. The third kappa shape index (κ3) is 3.29. The Morgan fingerprint density at radius 1 is 1.16 bits per heavy atom. The maximum absolute atomic E-state index is 12.4. The van der Waals surface area contributed by atoms with Crippen LogP contribution in [0.4, 0.5) is 13.2 Å². The van der Waals surface area contributed by atoms with Crippen LogP contribution >= 0.6 is 11.6 Å². The minimum absolute atomic E-state index is 0.0406. The molecule has 1 aromatic heterocycles. The fraction of sp³-hybridized carbons (Fsp3) is 0.0833. The highest BCUT2D eigenvalue weighted by Gasteiger charge is 2.31. The number of ether oxygens (including phenoxy) is 1. The average molecular weight is 290 g/mol. The molecule has 0 amide bonds. The molecule has 0 saturated carbocycles. The van der Waals surface area contributed by atoms with Crippen LogP contribution in [0.1, 0.15) is 5.56 Å². The number of phenols is 1. The third-order valence-electron chi connectivity index (χ3n) is 2.19. The fourth-order valence-corrected chi connectivity index (χ4v) is 1.49. The Balaban J connectivity index is 2.24. The molecule has 0 atom stereocenters. The zero-order valence-corrected chi connectivity index (χ0v) is 10.0. The SMILES string of the molecule is Oc1ccc(Oc2ncc(C(F)(F)F)cc2Cl)cc1. The Morgan fingerprint density at radius 3 is 2.32 bits per heavy atom. The first kappa shape index (κ1) is 13.5. The van der Waals surface area contributed by atoms with Crippen LogP contribution in [0.15, 0.2) is 36.5 Å². The van der Waals surface area contributed by atoms with Crippen molar-refractivity contribution in [3.05, 3.63) is 47.1 Å². The third-order valence-corrected chi connectivity index (χ3v) is 2.46. The van der Waals surface area contributed by atoms with Gasteiger partial charge < -0.3 is 9.84 Å². The average Bonchev–Trinajstić information content (AvgIpc) is 2.33. The van der Waals surface area contributed by atoms with Gasteiger partial charge in [0.2, 0.25) is 5.88 Å². The second-order valence-corrected chi connectivity index (χ2v) is 4.01. The van der Waals surface area contributed by atoms with Crippen molar-refractivity contribution in [2.24, 2.45) is 0 Å². The van der Waals surface area contributed by atoms with Gasteiger partial charge in [-0.15, -0.1) is 0 Å². The van der Waals surface area contributed by atoms with Gasteiger partial charge in [-0.2, -0.15) is 13.2 Å². The number of phenolic OH excluding ortho intramolecular Hbond substituents is 1. The Bertz CT molecular complexity index is 585. The van der Waals surface area contributed by atoms with Crippen LogP contribution < -0.4 is 4.74 Å². The summed E-state index contributed by atoms with van der Waals surface area (Å²) in [6.45, 7) is 0. The molecule has 0 fully saturated rings. The lowest BCUT2D eigenvalue weighted by Gasteiger charge is -2.10. The molecule has 1 aromatic carbocycles. The van der Waals surface area contributed by atoms with Crippen LogP contribution in [0.2, 0.25) is 5.02 Å². The first-order chi connectivity index (χ1) is 8.86. The van der Waals surface area contributed by atoms with Crippen LogP contribution in [0.5, 0.6) is 17.4 Å². The van der Waals surface area contributed by atoms with Crippen molar-refractivity contribution in [2.45, 2.75) is 6.18 Å². The van der Waals surface area contributed by atoms with Crippen molar-refractivity contribution in [3.63, 3.8) is 0 Å². The van der Waals surface area contributed by atoms with E-state index in [4.69, 9.17) is 21.4 Å². The molecule has 1 heterocycles. The van der Waals surface area contributed by atoms with Gasteiger partial charge in [-0.25, -0.2) is 4.98 Å². The van der Waals surface area contributed by atoms with Crippen molar-refractivity contribution >= 4 is 11.6 Å². The highest BCUT2D eigenvalue weighted by Crippen LogP contribution is 2.34. The van der Waals surface area contributed by atoms with E-state index >= 15 is 0 Å². The topological polar surface area (TPSA) is 42.4 Å². The number of hydrogen-bond acceptors (Lipinski definition) is 3.